The van der Waals surface area contributed by atoms with Crippen LogP contribution in [-0.2, 0) is 102 Å². The van der Waals surface area contributed by atoms with Gasteiger partial charge in [0.05, 0.1) is 29.2 Å². The Morgan fingerprint density at radius 1 is 0.401 bits per heavy atom. The maximum atomic E-state index is 12.6. The zero-order valence-corrected chi connectivity index (χ0v) is 86.2. The number of carbonyl (C=O) groups is 3. The first-order valence-corrected chi connectivity index (χ1v) is 42.9. The molecule has 0 aliphatic rings. The van der Waals surface area contributed by atoms with Gasteiger partial charge in [-0.2, -0.15) is 111 Å². The number of carboxylic acid groups (broad SMARTS) is 3. The summed E-state index contributed by atoms with van der Waals surface area (Å²) in [4.78, 5) is 53.5. The maximum absolute atomic E-state index is 12.6. The summed E-state index contributed by atoms with van der Waals surface area (Å²) in [6.07, 6.45) is -7.61. The van der Waals surface area contributed by atoms with Gasteiger partial charge in [-0.1, -0.05) is 249 Å². The molecule has 0 aliphatic heterocycles. The van der Waals surface area contributed by atoms with Crippen LogP contribution in [0.3, 0.4) is 0 Å². The van der Waals surface area contributed by atoms with Crippen molar-refractivity contribution in [3.63, 3.8) is 0 Å². The van der Waals surface area contributed by atoms with Crippen molar-refractivity contribution in [1.82, 2.24) is 29.9 Å². The van der Waals surface area contributed by atoms with Crippen LogP contribution in [0.15, 0.2) is 365 Å². The van der Waals surface area contributed by atoms with E-state index >= 15 is 0 Å². The number of halogens is 18. The van der Waals surface area contributed by atoms with E-state index in [2.05, 4.69) is 238 Å². The number of hydrogen-bond acceptors (Lipinski definition) is 13. The first kappa shape index (κ1) is 124. The smallest absolute Gasteiger partial charge is 0.460 e. The molecule has 0 fully saturated rings. The van der Waals surface area contributed by atoms with Crippen molar-refractivity contribution in [2.45, 2.75) is 95.0 Å². The molecule has 4 atom stereocenters. The van der Waals surface area contributed by atoms with Crippen LogP contribution < -0.4 is 20.8 Å². The molecule has 142 heavy (non-hydrogen) atoms. The van der Waals surface area contributed by atoms with Crippen LogP contribution in [0, 0.1) is 37.9 Å². The Hall–Kier alpha value is -11.9. The van der Waals surface area contributed by atoms with E-state index in [1.807, 2.05) is 122 Å². The second-order valence-corrected chi connectivity index (χ2v) is 31.7. The van der Waals surface area contributed by atoms with Crippen molar-refractivity contribution in [2.75, 3.05) is 0 Å². The number of aryl methyl sites for hydroxylation is 2. The molecular weight excluding hydrogens is 2630 g/mol. The normalized spacial score (nSPS) is 11.7. The Morgan fingerprint density at radius 3 is 1.13 bits per heavy atom. The SMILES string of the molecule is CC(O)CC(C)O.Cc1[c-]c(-c2ccccn2)cc(C)c1.Fc1c[c-]c(-c2ccc(C(F)(F)F)cn2)cc1.O=C(O)c1ccccn1.O=C([O-])C(F)(F)C(F)(F)C(F)(F)F.O=C([O-])C(F)(F)C(F)(F)C(F)(F)F.[Ir].[Ir].[Ir].[Os].[c-]1ccccc1Cc1ccccn1.c1ccc(-c2ccnc(-c3cc(-c4ccccc4)ccn3)c2)cc1.c1ccc(PC(=C(Pc2ccccc2)c2ccccc2)c2ccccc2)cc1. The molecule has 14 nitrogen and oxygen atoms in total. The minimum Gasteiger partial charge on any atom is -0.544 e. The second-order valence-electron chi connectivity index (χ2n) is 29.1. The van der Waals surface area contributed by atoms with Gasteiger partial charge >= 0.3 is 48.2 Å². The molecule has 0 aliphatic carbocycles. The number of carboxylic acids is 3. The molecule has 4 unspecified atom stereocenters. The number of nitrogens with zero attached hydrogens (tertiary/aromatic N) is 6. The van der Waals surface area contributed by atoms with Gasteiger partial charge < -0.3 is 45.1 Å². The van der Waals surface area contributed by atoms with Gasteiger partial charge in [-0.15, -0.1) is 64.7 Å². The Bertz CT molecular complexity index is 5960. The van der Waals surface area contributed by atoms with Crippen LogP contribution in [0.2, 0.25) is 0 Å². The molecule has 0 spiro atoms. The summed E-state index contributed by atoms with van der Waals surface area (Å²) in [5.74, 6) is -34.8. The van der Waals surface area contributed by atoms with Crippen LogP contribution in [0.25, 0.3) is 66.8 Å². The standard InChI is InChI=1S/C26H22P2.C22H16N2.C13H12N.C12H6F4N.C12H10N.C6H5NO2.C5H12O2.2C4HF7O2.3Ir.Os/c1-5-13-21(14-6-1)25(27-23-17-9-3-10-18-23)26(22-15-7-2-8-16-22)28-24-19-11-4-12-20-24;1-3-7-17(8-4-1)19-11-13-23-21(15-19)22-16-20(12-14-24-22)18-9-5-2-6-10-18;1-10-7-11(2)9-12(8-10)13-5-3-4-6-14-13;13-10-4-1-8(2-5-10)11-6-3-9(7-17-11)12(14,15)16;1-2-6-11(7-3-1)10-12-8-4-5-9-13-12;8-6(9)5-3-1-2-4-7-5;1-4(6)3-5(2)7;2*5-2(6,1(12)13)3(7,8)4(9,10)11;;;;/h1-20,27-28H;1-16H;3-8H,1-2H3;1,3-7H;1-6,8-9H,10H2;1-4H,(H,8,9);4-7H,3H2,1-2H3;2*(H,12,13);;;;/q;;3*-1;;;;;;;;/p-2. The first-order chi connectivity index (χ1) is 65.3. The van der Waals surface area contributed by atoms with Crippen LogP contribution >= 0.6 is 17.2 Å². The number of aromatic nitrogens is 6. The van der Waals surface area contributed by atoms with Crippen LogP contribution in [-0.4, -0.2) is 111 Å². The van der Waals surface area contributed by atoms with Crippen molar-refractivity contribution in [2.24, 2.45) is 0 Å². The maximum Gasteiger partial charge on any atom is 0.460 e. The Kier molecular flexibility index (Phi) is 53.0. The number of pyridine rings is 6. The molecule has 0 amide bonds. The van der Waals surface area contributed by atoms with E-state index in [-0.39, 0.29) is 98.0 Å². The number of carbonyl (C=O) groups excluding carboxylic acids is 2. The van der Waals surface area contributed by atoms with Gasteiger partial charge in [-0.25, -0.2) is 9.78 Å². The van der Waals surface area contributed by atoms with Crippen molar-refractivity contribution in [1.29, 1.82) is 0 Å². The molecule has 38 heteroatoms. The molecule has 3 N–H and O–H groups in total. The van der Waals surface area contributed by atoms with Crippen LogP contribution in [0.1, 0.15) is 69.8 Å². The van der Waals surface area contributed by atoms with Gasteiger partial charge in [0.1, 0.15) is 17.6 Å². The van der Waals surface area contributed by atoms with E-state index < -0.39 is 71.5 Å². The topological polar surface area (TPSA) is 235 Å². The van der Waals surface area contributed by atoms with E-state index in [1.54, 1.807) is 32.2 Å². The molecule has 15 rings (SSSR count). The minimum absolute atomic E-state index is 0. The Balaban J connectivity index is 0.000000421. The number of aliphatic carboxylic acids is 2. The van der Waals surface area contributed by atoms with Gasteiger partial charge in [0.15, 0.2) is 0 Å². The van der Waals surface area contributed by atoms with Gasteiger partial charge in [0, 0.05) is 129 Å². The third kappa shape index (κ3) is 40.5. The summed E-state index contributed by atoms with van der Waals surface area (Å²) in [6.45, 7) is 7.46. The summed E-state index contributed by atoms with van der Waals surface area (Å²) in [5.41, 5.74) is 15.8. The van der Waals surface area contributed by atoms with Gasteiger partial charge in [-0.05, 0) is 147 Å². The fourth-order valence-corrected chi connectivity index (χ4v) is 14.4. The number of hydrogen-bond donors (Lipinski definition) is 3. The number of alkyl halides is 17. The summed E-state index contributed by atoms with van der Waals surface area (Å²) in [5, 5.41) is 49.6. The van der Waals surface area contributed by atoms with Gasteiger partial charge in [-0.3, -0.25) is 19.3 Å². The van der Waals surface area contributed by atoms with E-state index in [4.69, 9.17) is 15.3 Å². The first-order valence-electron chi connectivity index (χ1n) is 40.9. The second kappa shape index (κ2) is 60.5. The Labute approximate surface area is 863 Å². The molecule has 6 aromatic heterocycles. The van der Waals surface area contributed by atoms with E-state index in [0.29, 0.717) is 34.8 Å². The predicted octanol–water partition coefficient (Wildman–Crippen LogP) is 23.4. The molecule has 15 aromatic rings. The molecule has 0 bridgehead atoms. The van der Waals surface area contributed by atoms with Crippen LogP contribution in [0.5, 0.6) is 0 Å². The van der Waals surface area contributed by atoms with Gasteiger partial charge in [0.2, 0.25) is 0 Å². The van der Waals surface area contributed by atoms with E-state index in [0.717, 1.165) is 69.8 Å². The molecule has 3 radical (unpaired) electrons. The summed E-state index contributed by atoms with van der Waals surface area (Å²) >= 11 is 0. The summed E-state index contributed by atoms with van der Waals surface area (Å²) in [7, 11) is 1.23. The number of rotatable bonds is 20. The third-order valence-electron chi connectivity index (χ3n) is 18.1. The fraction of sp³-hybridized carbons (Fsp3) is 0.144. The molecular formula is C104H83F18Ir3N6O8OsP2-5. The molecule has 753 valence electrons. The fourth-order valence-electron chi connectivity index (χ4n) is 11.5. The average Bonchev–Trinajstić information content (AvgIpc) is 0.760. The summed E-state index contributed by atoms with van der Waals surface area (Å²) in [6, 6.07) is 116. The summed E-state index contributed by atoms with van der Waals surface area (Å²) < 4.78 is 210. The van der Waals surface area contributed by atoms with Crippen molar-refractivity contribution < 1.29 is 199 Å². The van der Waals surface area contributed by atoms with Gasteiger partial charge in [0.25, 0.3) is 0 Å². The third-order valence-corrected chi connectivity index (χ3v) is 21.2. The predicted molar refractivity (Wildman–Crippen MR) is 492 cm³/mol. The number of aromatic carboxylic acids is 1. The largest absolute Gasteiger partial charge is 0.544 e. The number of aliphatic hydroxyl groups excluding tert-OH is 2. The molecule has 0 saturated carbocycles. The number of aliphatic hydroxyl groups is 2. The monoisotopic (exact) mass is 2720 g/mol. The van der Waals surface area contributed by atoms with Crippen LogP contribution in [0.4, 0.5) is 79.0 Å². The Morgan fingerprint density at radius 2 is 0.803 bits per heavy atom. The van der Waals surface area contributed by atoms with E-state index in [1.165, 1.54) is 85.1 Å². The quantitative estimate of drug-likeness (QED) is 0.0279. The molecule has 9 aromatic carbocycles. The average molecular weight is 2720 g/mol. The van der Waals surface area contributed by atoms with Crippen molar-refractivity contribution >= 4 is 56.3 Å². The van der Waals surface area contributed by atoms with E-state index in [9.17, 15) is 104 Å². The van der Waals surface area contributed by atoms with Crippen molar-refractivity contribution in [3.05, 3.63) is 434 Å². The zero-order valence-electron chi connectivity index (χ0n) is 74.4. The molecule has 6 heterocycles. The zero-order chi connectivity index (χ0) is 101. The number of benzene rings is 9. The minimum atomic E-state index is -6.64. The van der Waals surface area contributed by atoms with Crippen molar-refractivity contribution in [3.8, 4) is 56.2 Å². The molecule has 0 saturated heterocycles.